The Hall–Kier alpha value is -0.740. The molecule has 0 aromatic heterocycles. The number of benzene rings is 1. The molecule has 0 saturated carbocycles. The number of rotatable bonds is 2. The van der Waals surface area contributed by atoms with Crippen molar-refractivity contribution in [3.05, 3.63) is 22.7 Å². The number of ether oxygens (including phenoxy) is 1. The van der Waals surface area contributed by atoms with Gasteiger partial charge in [-0.3, -0.25) is 4.90 Å². The van der Waals surface area contributed by atoms with E-state index in [0.717, 1.165) is 23.3 Å². The normalized spacial score (nSPS) is 17.9. The number of aromatic hydroxyl groups is 1. The van der Waals surface area contributed by atoms with E-state index in [9.17, 15) is 5.11 Å². The third-order valence-corrected chi connectivity index (χ3v) is 2.86. The molecule has 1 aromatic rings. The fourth-order valence-electron chi connectivity index (χ4n) is 1.48. The van der Waals surface area contributed by atoms with Gasteiger partial charge in [0.25, 0.3) is 0 Å². The minimum absolute atomic E-state index is 0.245. The van der Waals surface area contributed by atoms with E-state index >= 15 is 0 Å². The number of likely N-dealkylation sites (N-methyl/N-ethyl adjacent to an activating group) is 1. The highest BCUT2D eigenvalue weighted by molar-refractivity contribution is 9.10. The Bertz CT molecular complexity index is 337. The van der Waals surface area contributed by atoms with Crippen LogP contribution in [-0.4, -0.2) is 36.2 Å². The number of phenols is 1. The molecule has 0 unspecified atom stereocenters. The van der Waals surface area contributed by atoms with Crippen LogP contribution in [0.15, 0.2) is 22.7 Å². The van der Waals surface area contributed by atoms with Gasteiger partial charge in [0.05, 0.1) is 4.47 Å². The molecule has 2 rings (SSSR count). The lowest BCUT2D eigenvalue weighted by molar-refractivity contribution is 0.0382. The van der Waals surface area contributed by atoms with Gasteiger partial charge in [0, 0.05) is 13.1 Å². The molecule has 3 nitrogen and oxygen atoms in total. The molecule has 1 heterocycles. The first-order valence-corrected chi connectivity index (χ1v) is 5.28. The summed E-state index contributed by atoms with van der Waals surface area (Å²) in [6.45, 7) is 1.93. The van der Waals surface area contributed by atoms with Crippen molar-refractivity contribution in [3.8, 4) is 11.5 Å². The number of halogens is 1. The van der Waals surface area contributed by atoms with E-state index in [4.69, 9.17) is 4.74 Å². The fraction of sp³-hybridized carbons (Fsp3) is 0.400. The van der Waals surface area contributed by atoms with Crippen LogP contribution in [0.2, 0.25) is 0 Å². The van der Waals surface area contributed by atoms with Crippen LogP contribution in [0, 0.1) is 0 Å². The van der Waals surface area contributed by atoms with E-state index in [1.165, 1.54) is 0 Å². The summed E-state index contributed by atoms with van der Waals surface area (Å²) in [6, 6.07) is 5.04. The molecule has 0 radical (unpaired) electrons. The van der Waals surface area contributed by atoms with Crippen LogP contribution in [0.5, 0.6) is 11.5 Å². The van der Waals surface area contributed by atoms with Gasteiger partial charge < -0.3 is 9.84 Å². The van der Waals surface area contributed by atoms with E-state index in [-0.39, 0.29) is 11.9 Å². The topological polar surface area (TPSA) is 32.7 Å². The molecule has 76 valence electrons. The van der Waals surface area contributed by atoms with Gasteiger partial charge >= 0.3 is 0 Å². The molecule has 1 fully saturated rings. The average Bonchev–Trinajstić information content (AvgIpc) is 2.06. The predicted molar refractivity (Wildman–Crippen MR) is 57.7 cm³/mol. The summed E-state index contributed by atoms with van der Waals surface area (Å²) in [5.41, 5.74) is 0. The van der Waals surface area contributed by atoms with E-state index in [2.05, 4.69) is 27.9 Å². The van der Waals surface area contributed by atoms with Crippen LogP contribution in [0.25, 0.3) is 0 Å². The summed E-state index contributed by atoms with van der Waals surface area (Å²) in [4.78, 5) is 2.19. The van der Waals surface area contributed by atoms with Crippen molar-refractivity contribution in [1.29, 1.82) is 0 Å². The second-order valence-electron chi connectivity index (χ2n) is 3.58. The van der Waals surface area contributed by atoms with E-state index in [0.29, 0.717) is 0 Å². The largest absolute Gasteiger partial charge is 0.508 e. The Morgan fingerprint density at radius 3 is 2.79 bits per heavy atom. The first-order chi connectivity index (χ1) is 6.65. The van der Waals surface area contributed by atoms with Crippen LogP contribution in [0.1, 0.15) is 0 Å². The molecule has 0 spiro atoms. The van der Waals surface area contributed by atoms with Gasteiger partial charge in [-0.1, -0.05) is 0 Å². The zero-order valence-corrected chi connectivity index (χ0v) is 9.49. The van der Waals surface area contributed by atoms with Crippen molar-refractivity contribution in [3.63, 3.8) is 0 Å². The lowest BCUT2D eigenvalue weighted by atomic mass is 10.2. The predicted octanol–water partition coefficient (Wildman–Crippen LogP) is 1.85. The SMILES string of the molecule is CN1CC(Oc2ccc(O)cc2Br)C1. The van der Waals surface area contributed by atoms with Gasteiger partial charge in [0.15, 0.2) is 0 Å². The molecule has 4 heteroatoms. The molecule has 0 aliphatic carbocycles. The smallest absolute Gasteiger partial charge is 0.134 e. The van der Waals surface area contributed by atoms with Gasteiger partial charge in [-0.15, -0.1) is 0 Å². The number of phenolic OH excluding ortho intramolecular Hbond substituents is 1. The van der Waals surface area contributed by atoms with E-state index in [1.807, 2.05) is 0 Å². The molecule has 1 N–H and O–H groups in total. The quantitative estimate of drug-likeness (QED) is 0.878. The number of likely N-dealkylation sites (tertiary alicyclic amines) is 1. The van der Waals surface area contributed by atoms with Crippen molar-refractivity contribution in [2.45, 2.75) is 6.10 Å². The third kappa shape index (κ3) is 2.01. The molecule has 1 aliphatic rings. The third-order valence-electron chi connectivity index (χ3n) is 2.24. The fourth-order valence-corrected chi connectivity index (χ4v) is 1.94. The summed E-state index contributed by atoms with van der Waals surface area (Å²) in [5, 5.41) is 9.19. The summed E-state index contributed by atoms with van der Waals surface area (Å²) in [6.07, 6.45) is 0.279. The van der Waals surface area contributed by atoms with Crippen molar-refractivity contribution in [2.24, 2.45) is 0 Å². The van der Waals surface area contributed by atoms with Gasteiger partial charge in [0.2, 0.25) is 0 Å². The van der Waals surface area contributed by atoms with Crippen LogP contribution in [0.3, 0.4) is 0 Å². The lowest BCUT2D eigenvalue weighted by Crippen LogP contribution is -2.51. The Balaban J connectivity index is 2.02. The van der Waals surface area contributed by atoms with Crippen molar-refractivity contribution in [1.82, 2.24) is 4.90 Å². The summed E-state index contributed by atoms with van der Waals surface area (Å²) in [7, 11) is 2.06. The van der Waals surface area contributed by atoms with Crippen molar-refractivity contribution in [2.75, 3.05) is 20.1 Å². The maximum Gasteiger partial charge on any atom is 0.134 e. The second-order valence-corrected chi connectivity index (χ2v) is 4.43. The summed E-state index contributed by atoms with van der Waals surface area (Å²) < 4.78 is 6.51. The van der Waals surface area contributed by atoms with Gasteiger partial charge in [-0.2, -0.15) is 0 Å². The van der Waals surface area contributed by atoms with E-state index < -0.39 is 0 Å². The Morgan fingerprint density at radius 2 is 2.21 bits per heavy atom. The Kier molecular flexibility index (Phi) is 2.65. The summed E-state index contributed by atoms with van der Waals surface area (Å²) >= 11 is 3.35. The van der Waals surface area contributed by atoms with E-state index in [1.54, 1.807) is 18.2 Å². The molecule has 14 heavy (non-hydrogen) atoms. The standard InChI is InChI=1S/C10H12BrNO2/c1-12-5-8(6-12)14-10-3-2-7(13)4-9(10)11/h2-4,8,13H,5-6H2,1H3. The summed E-state index contributed by atoms with van der Waals surface area (Å²) in [5.74, 6) is 1.04. The molecule has 1 saturated heterocycles. The monoisotopic (exact) mass is 257 g/mol. The first-order valence-electron chi connectivity index (χ1n) is 4.49. The number of hydrogen-bond acceptors (Lipinski definition) is 3. The average molecular weight is 258 g/mol. The van der Waals surface area contributed by atoms with Gasteiger partial charge in [-0.05, 0) is 41.2 Å². The first kappa shape index (κ1) is 9.80. The maximum absolute atomic E-state index is 9.19. The van der Waals surface area contributed by atoms with Gasteiger partial charge in [0.1, 0.15) is 17.6 Å². The highest BCUT2D eigenvalue weighted by atomic mass is 79.9. The maximum atomic E-state index is 9.19. The van der Waals surface area contributed by atoms with Crippen molar-refractivity contribution < 1.29 is 9.84 Å². The molecule has 0 amide bonds. The number of nitrogens with zero attached hydrogens (tertiary/aromatic N) is 1. The zero-order valence-electron chi connectivity index (χ0n) is 7.90. The van der Waals surface area contributed by atoms with Crippen LogP contribution < -0.4 is 4.74 Å². The Labute approximate surface area is 91.4 Å². The zero-order chi connectivity index (χ0) is 10.1. The molecular weight excluding hydrogens is 246 g/mol. The molecule has 0 bridgehead atoms. The minimum Gasteiger partial charge on any atom is -0.508 e. The number of hydrogen-bond donors (Lipinski definition) is 1. The molecule has 0 atom stereocenters. The molecule has 1 aliphatic heterocycles. The van der Waals surface area contributed by atoms with Crippen LogP contribution >= 0.6 is 15.9 Å². The highest BCUT2D eigenvalue weighted by Gasteiger charge is 2.25. The Morgan fingerprint density at radius 1 is 1.50 bits per heavy atom. The minimum atomic E-state index is 0.245. The van der Waals surface area contributed by atoms with Crippen LogP contribution in [-0.2, 0) is 0 Å². The molecule has 1 aromatic carbocycles. The van der Waals surface area contributed by atoms with Crippen molar-refractivity contribution >= 4 is 15.9 Å². The second kappa shape index (κ2) is 3.79. The lowest BCUT2D eigenvalue weighted by Gasteiger charge is -2.36. The van der Waals surface area contributed by atoms with Gasteiger partial charge in [-0.25, -0.2) is 0 Å². The highest BCUT2D eigenvalue weighted by Crippen LogP contribution is 2.30. The molecular formula is C10H12BrNO2. The van der Waals surface area contributed by atoms with Crippen LogP contribution in [0.4, 0.5) is 0 Å².